The molecule has 2 aliphatic rings. The summed E-state index contributed by atoms with van der Waals surface area (Å²) in [6, 6.07) is 6.52. The van der Waals surface area contributed by atoms with Crippen molar-refractivity contribution in [1.82, 2.24) is 0 Å². The molecular formula is C16H19BrO3S. The highest BCUT2D eigenvalue weighted by molar-refractivity contribution is 9.10. The van der Waals surface area contributed by atoms with Crippen LogP contribution in [0.4, 0.5) is 0 Å². The van der Waals surface area contributed by atoms with Crippen molar-refractivity contribution < 1.29 is 12.6 Å². The van der Waals surface area contributed by atoms with E-state index in [1.54, 1.807) is 24.3 Å². The lowest BCUT2D eigenvalue weighted by molar-refractivity contribution is 0.286. The normalized spacial score (nSPS) is 27.4. The minimum atomic E-state index is -3.62. The number of halogens is 1. The fraction of sp³-hybridized carbons (Fsp3) is 0.500. The van der Waals surface area contributed by atoms with Crippen molar-refractivity contribution in [2.45, 2.75) is 30.6 Å². The molecule has 3 atom stereocenters. The van der Waals surface area contributed by atoms with Gasteiger partial charge in [0.15, 0.2) is 0 Å². The Morgan fingerprint density at radius 1 is 1.14 bits per heavy atom. The fourth-order valence-corrected chi connectivity index (χ4v) is 4.62. The topological polar surface area (TPSA) is 43.4 Å². The lowest BCUT2D eigenvalue weighted by Gasteiger charge is -2.17. The van der Waals surface area contributed by atoms with Crippen LogP contribution >= 0.6 is 15.9 Å². The Morgan fingerprint density at radius 3 is 2.52 bits per heavy atom. The van der Waals surface area contributed by atoms with Crippen molar-refractivity contribution in [3.8, 4) is 0 Å². The first kappa shape index (κ1) is 15.3. The highest BCUT2D eigenvalue weighted by atomic mass is 79.9. The van der Waals surface area contributed by atoms with Gasteiger partial charge in [-0.2, -0.15) is 8.42 Å². The second-order valence-electron chi connectivity index (χ2n) is 5.91. The molecule has 21 heavy (non-hydrogen) atoms. The molecule has 0 unspecified atom stereocenters. The summed E-state index contributed by atoms with van der Waals surface area (Å²) in [5.41, 5.74) is 0. The van der Waals surface area contributed by atoms with E-state index in [1.165, 1.54) is 12.8 Å². The summed E-state index contributed by atoms with van der Waals surface area (Å²) in [6.45, 7) is 0.274. The molecule has 1 saturated carbocycles. The highest BCUT2D eigenvalue weighted by Gasteiger charge is 2.34. The molecule has 114 valence electrons. The SMILES string of the molecule is O=S(=O)(OCCC[C@H]1C[C@H]2C=C[C@H]1C2)c1ccc(Br)cc1. The van der Waals surface area contributed by atoms with Gasteiger partial charge in [0.25, 0.3) is 10.1 Å². The van der Waals surface area contributed by atoms with Gasteiger partial charge in [-0.1, -0.05) is 28.1 Å². The maximum absolute atomic E-state index is 12.0. The summed E-state index contributed by atoms with van der Waals surface area (Å²) in [6.07, 6.45) is 9.08. The van der Waals surface area contributed by atoms with Crippen LogP contribution in [0.25, 0.3) is 0 Å². The zero-order valence-electron chi connectivity index (χ0n) is 11.7. The third kappa shape index (κ3) is 3.58. The van der Waals surface area contributed by atoms with Gasteiger partial charge in [0.05, 0.1) is 11.5 Å². The van der Waals surface area contributed by atoms with Gasteiger partial charge in [0.1, 0.15) is 0 Å². The van der Waals surface area contributed by atoms with Crippen molar-refractivity contribution in [3.63, 3.8) is 0 Å². The van der Waals surface area contributed by atoms with Crippen molar-refractivity contribution in [3.05, 3.63) is 40.9 Å². The summed E-state index contributed by atoms with van der Waals surface area (Å²) in [7, 11) is -3.62. The first-order valence-corrected chi connectivity index (χ1v) is 9.58. The van der Waals surface area contributed by atoms with E-state index in [-0.39, 0.29) is 11.5 Å². The monoisotopic (exact) mass is 370 g/mol. The number of benzene rings is 1. The molecule has 0 saturated heterocycles. The Morgan fingerprint density at radius 2 is 1.90 bits per heavy atom. The van der Waals surface area contributed by atoms with Gasteiger partial charge in [-0.3, -0.25) is 4.18 Å². The Bertz CT molecular complexity index is 621. The van der Waals surface area contributed by atoms with Crippen molar-refractivity contribution in [1.29, 1.82) is 0 Å². The number of hydrogen-bond acceptors (Lipinski definition) is 3. The van der Waals surface area contributed by atoms with Crippen molar-refractivity contribution in [2.75, 3.05) is 6.61 Å². The van der Waals surface area contributed by atoms with Gasteiger partial charge in [-0.15, -0.1) is 0 Å². The number of allylic oxidation sites excluding steroid dienone is 2. The lowest BCUT2D eigenvalue weighted by atomic mass is 9.90. The van der Waals surface area contributed by atoms with Gasteiger partial charge in [0.2, 0.25) is 0 Å². The molecule has 3 rings (SSSR count). The largest absolute Gasteiger partial charge is 0.296 e. The van der Waals surface area contributed by atoms with Crippen LogP contribution in [0, 0.1) is 17.8 Å². The number of hydrogen-bond donors (Lipinski definition) is 0. The molecule has 0 aliphatic heterocycles. The first-order valence-electron chi connectivity index (χ1n) is 7.38. The molecule has 1 aromatic carbocycles. The molecule has 0 spiro atoms. The smallest absolute Gasteiger partial charge is 0.266 e. The van der Waals surface area contributed by atoms with Crippen LogP contribution in [0.3, 0.4) is 0 Å². The number of fused-ring (bicyclic) bond motifs is 2. The quantitative estimate of drug-likeness (QED) is 0.429. The van der Waals surface area contributed by atoms with Gasteiger partial charge >= 0.3 is 0 Å². The van der Waals surface area contributed by atoms with Crippen LogP contribution in [0.1, 0.15) is 25.7 Å². The summed E-state index contributed by atoms with van der Waals surface area (Å²) < 4.78 is 30.0. The predicted octanol–water partition coefficient (Wildman–Crippen LogP) is 4.15. The van der Waals surface area contributed by atoms with Crippen LogP contribution in [0.2, 0.25) is 0 Å². The molecule has 0 N–H and O–H groups in total. The molecule has 0 heterocycles. The van der Waals surface area contributed by atoms with Crippen LogP contribution in [0.5, 0.6) is 0 Å². The van der Waals surface area contributed by atoms with E-state index >= 15 is 0 Å². The summed E-state index contributed by atoms with van der Waals surface area (Å²) in [4.78, 5) is 0.216. The summed E-state index contributed by atoms with van der Waals surface area (Å²) in [5, 5.41) is 0. The molecule has 3 nitrogen and oxygen atoms in total. The van der Waals surface area contributed by atoms with Crippen LogP contribution in [-0.2, 0) is 14.3 Å². The lowest BCUT2D eigenvalue weighted by Crippen LogP contribution is -2.11. The zero-order valence-corrected chi connectivity index (χ0v) is 14.1. The van der Waals surface area contributed by atoms with Crippen molar-refractivity contribution in [2.24, 2.45) is 17.8 Å². The molecule has 0 amide bonds. The molecular weight excluding hydrogens is 352 g/mol. The van der Waals surface area contributed by atoms with Gasteiger partial charge in [0, 0.05) is 4.47 Å². The highest BCUT2D eigenvalue weighted by Crippen LogP contribution is 2.45. The molecule has 0 radical (unpaired) electrons. The van der Waals surface area contributed by atoms with Gasteiger partial charge in [-0.05, 0) is 67.7 Å². The van der Waals surface area contributed by atoms with E-state index < -0.39 is 10.1 Å². The van der Waals surface area contributed by atoms with E-state index in [9.17, 15) is 8.42 Å². The maximum atomic E-state index is 12.0. The number of rotatable bonds is 6. The third-order valence-electron chi connectivity index (χ3n) is 4.48. The summed E-state index contributed by atoms with van der Waals surface area (Å²) in [5.74, 6) is 2.21. The average Bonchev–Trinajstić information content (AvgIpc) is 3.06. The second kappa shape index (κ2) is 6.23. The molecule has 1 fully saturated rings. The van der Waals surface area contributed by atoms with Gasteiger partial charge < -0.3 is 0 Å². The van der Waals surface area contributed by atoms with Crippen LogP contribution in [-0.4, -0.2) is 15.0 Å². The molecule has 5 heteroatoms. The molecule has 2 bridgehead atoms. The second-order valence-corrected chi connectivity index (χ2v) is 8.44. The van der Waals surface area contributed by atoms with E-state index in [2.05, 4.69) is 28.1 Å². The van der Waals surface area contributed by atoms with E-state index in [0.717, 1.165) is 35.1 Å². The Kier molecular flexibility index (Phi) is 4.52. The van der Waals surface area contributed by atoms with Crippen molar-refractivity contribution >= 4 is 26.0 Å². The Balaban J connectivity index is 1.46. The molecule has 0 aromatic heterocycles. The minimum absolute atomic E-state index is 0.216. The minimum Gasteiger partial charge on any atom is -0.266 e. The molecule has 2 aliphatic carbocycles. The van der Waals surface area contributed by atoms with E-state index in [4.69, 9.17) is 4.18 Å². The van der Waals surface area contributed by atoms with Gasteiger partial charge in [-0.25, -0.2) is 0 Å². The summed E-state index contributed by atoms with van der Waals surface area (Å²) >= 11 is 3.29. The average molecular weight is 371 g/mol. The Labute approximate surface area is 134 Å². The zero-order chi connectivity index (χ0) is 14.9. The van der Waals surface area contributed by atoms with Crippen LogP contribution < -0.4 is 0 Å². The fourth-order valence-electron chi connectivity index (χ4n) is 3.41. The standard InChI is InChI=1S/C16H19BrO3S/c17-15-5-7-16(8-6-15)21(18,19)20-9-1-2-13-10-12-3-4-14(13)11-12/h3-8,12-14H,1-2,9-11H2/t12-,13+,14+/m1/s1. The first-order chi connectivity index (χ1) is 10.0. The van der Waals surface area contributed by atoms with Crippen LogP contribution in [0.15, 0.2) is 45.8 Å². The van der Waals surface area contributed by atoms with E-state index in [1.807, 2.05) is 0 Å². The Hall–Kier alpha value is -0.650. The molecule has 1 aromatic rings. The van der Waals surface area contributed by atoms with E-state index in [0.29, 0.717) is 0 Å². The maximum Gasteiger partial charge on any atom is 0.296 e. The third-order valence-corrected chi connectivity index (χ3v) is 6.33. The predicted molar refractivity (Wildman–Crippen MR) is 85.4 cm³/mol.